The van der Waals surface area contributed by atoms with Crippen LogP contribution in [0, 0.1) is 6.92 Å². The number of benzene rings is 8. The fourth-order valence-electron chi connectivity index (χ4n) is 11.1. The average Bonchev–Trinajstić information content (AvgIpc) is 3.98. The molecule has 1 aliphatic carbocycles. The molecule has 0 bridgehead atoms. The zero-order valence-corrected chi connectivity index (χ0v) is 43.4. The molecule has 0 spiro atoms. The largest absolute Gasteiger partial charge is 0.494 e. The quantitative estimate of drug-likeness (QED) is 0.142. The van der Waals surface area contributed by atoms with Crippen LogP contribution in [-0.4, -0.2) is 41.2 Å². The van der Waals surface area contributed by atoms with E-state index >= 15 is 0 Å². The molecule has 2 aliphatic heterocycles. The van der Waals surface area contributed by atoms with E-state index in [1.165, 1.54) is 49.7 Å². The second-order valence-corrected chi connectivity index (χ2v) is 22.8. The summed E-state index contributed by atoms with van der Waals surface area (Å²) in [5, 5.41) is 2.34. The summed E-state index contributed by atoms with van der Waals surface area (Å²) < 4.78 is 29.1. The highest BCUT2D eigenvalue weighted by atomic mass is 16.7. The summed E-state index contributed by atoms with van der Waals surface area (Å²) in [4.78, 5) is 2.40. The lowest BCUT2D eigenvalue weighted by Gasteiger charge is -2.32. The van der Waals surface area contributed by atoms with Crippen molar-refractivity contribution < 1.29 is 18.6 Å². The summed E-state index contributed by atoms with van der Waals surface area (Å²) in [6.45, 7) is 23.6. The van der Waals surface area contributed by atoms with E-state index in [1.54, 1.807) is 0 Å². The van der Waals surface area contributed by atoms with Gasteiger partial charge in [0.25, 0.3) is 0 Å². The normalized spacial score (nSPS) is 17.9. The Morgan fingerprint density at radius 3 is 1.43 bits per heavy atom. The topological polar surface area (TPSA) is 45.1 Å². The molecule has 72 heavy (non-hydrogen) atoms. The number of hydrogen-bond donors (Lipinski definition) is 0. The zero-order valence-electron chi connectivity index (χ0n) is 43.4. The number of rotatable bonds is 8. The third-order valence-corrected chi connectivity index (χ3v) is 16.7. The lowest BCUT2D eigenvalue weighted by molar-refractivity contribution is 0.00578. The number of para-hydroxylation sites is 1. The molecule has 12 rings (SSSR count). The number of fused-ring (bicyclic) bond motifs is 6. The lowest BCUT2D eigenvalue weighted by Crippen LogP contribution is -2.41. The highest BCUT2D eigenvalue weighted by Gasteiger charge is 2.54. The maximum Gasteiger partial charge on any atom is 0.494 e. The van der Waals surface area contributed by atoms with Gasteiger partial charge in [-0.2, -0.15) is 0 Å². The van der Waals surface area contributed by atoms with Crippen LogP contribution in [0.3, 0.4) is 0 Å². The van der Waals surface area contributed by atoms with Crippen LogP contribution in [0.4, 0.5) is 17.1 Å². The third-order valence-electron chi connectivity index (χ3n) is 16.7. The molecule has 0 saturated carbocycles. The lowest BCUT2D eigenvalue weighted by atomic mass is 9.71. The maximum atomic E-state index is 6.68. The van der Waals surface area contributed by atoms with Gasteiger partial charge in [0.2, 0.25) is 0 Å². The number of aromatic nitrogens is 1. The number of nitrogens with zero attached hydrogens (tertiary/aromatic N) is 2. The number of hydrogen-bond acceptors (Lipinski definition) is 5. The van der Waals surface area contributed by atoms with Crippen molar-refractivity contribution in [3.05, 3.63) is 193 Å². The number of anilines is 3. The van der Waals surface area contributed by atoms with Crippen molar-refractivity contribution in [2.24, 2.45) is 0 Å². The Kier molecular flexibility index (Phi) is 10.6. The highest BCUT2D eigenvalue weighted by molar-refractivity contribution is 6.66. The second-order valence-electron chi connectivity index (χ2n) is 22.8. The van der Waals surface area contributed by atoms with Gasteiger partial charge in [-0.1, -0.05) is 129 Å². The monoisotopic (exact) mass is 944 g/mol. The minimum atomic E-state index is -0.570. The smallest absolute Gasteiger partial charge is 0.399 e. The third kappa shape index (κ3) is 7.48. The Labute approximate surface area is 425 Å². The minimum absolute atomic E-state index is 0.125. The SMILES string of the molecule is Cc1ccc(-c2ccc(N(c3ccc(-c4ccc5c(c4)c4ccccc4n5-c4cc(B5OC(C)(C)C(C)(C)O5)cc(B5OC(C)(C)C(C)(C)O5)c4)cc3)c3ccc4c(c3)C(C)(C)c3ccccc3-4)cc2)cc1. The van der Waals surface area contributed by atoms with Crippen LogP contribution in [0.2, 0.25) is 0 Å². The first-order chi connectivity index (χ1) is 34.3. The summed E-state index contributed by atoms with van der Waals surface area (Å²) in [5.74, 6) is 0. The highest BCUT2D eigenvalue weighted by Crippen LogP contribution is 2.51. The first-order valence-electron chi connectivity index (χ1n) is 25.5. The molecule has 0 amide bonds. The Hall–Kier alpha value is -6.67. The van der Waals surface area contributed by atoms with E-state index in [0.717, 1.165) is 55.8 Å². The van der Waals surface area contributed by atoms with Crippen molar-refractivity contribution >= 4 is 64.0 Å². The summed E-state index contributed by atoms with van der Waals surface area (Å²) in [5.41, 5.74) is 17.5. The molecule has 6 nitrogen and oxygen atoms in total. The standard InChI is InChI=1S/C64H62B2N2O4/c1-41-20-22-42(23-21-41)43-24-29-48(30-25-43)67(50-33-34-53-52-16-12-14-18-56(52)60(2,3)57(53)40-50)49-31-26-44(27-32-49)45-28-35-59-55(36-45)54-17-13-15-19-58(54)68(59)51-38-46(65-69-61(4,5)62(6,7)70-65)37-47(39-51)66-71-63(8,9)64(10,11)72-66/h12-40H,1-11H3. The fraction of sp³-hybridized carbons (Fsp3) is 0.250. The van der Waals surface area contributed by atoms with Crippen LogP contribution in [0.1, 0.15) is 85.9 Å². The summed E-state index contributed by atoms with van der Waals surface area (Å²) in [6.07, 6.45) is 0. The van der Waals surface area contributed by atoms with Gasteiger partial charge in [-0.3, -0.25) is 0 Å². The van der Waals surface area contributed by atoms with E-state index in [9.17, 15) is 0 Å². The summed E-state index contributed by atoms with van der Waals surface area (Å²) >= 11 is 0. The van der Waals surface area contributed by atoms with Gasteiger partial charge < -0.3 is 28.1 Å². The molecule has 8 heteroatoms. The molecule has 0 atom stereocenters. The van der Waals surface area contributed by atoms with Crippen LogP contribution in [0.15, 0.2) is 176 Å². The van der Waals surface area contributed by atoms with Crippen LogP contribution < -0.4 is 15.8 Å². The molecule has 2 fully saturated rings. The molecular formula is C64H62B2N2O4. The molecule has 8 aromatic carbocycles. The predicted molar refractivity (Wildman–Crippen MR) is 300 cm³/mol. The van der Waals surface area contributed by atoms with Crippen molar-refractivity contribution in [3.8, 4) is 39.1 Å². The summed E-state index contributed by atoms with van der Waals surface area (Å²) in [6, 6.07) is 64.8. The van der Waals surface area contributed by atoms with E-state index in [0.29, 0.717) is 0 Å². The van der Waals surface area contributed by atoms with Gasteiger partial charge in [0.05, 0.1) is 33.4 Å². The molecule has 0 N–H and O–H groups in total. The summed E-state index contributed by atoms with van der Waals surface area (Å²) in [7, 11) is -1.14. The molecule has 358 valence electrons. The van der Waals surface area contributed by atoms with E-state index in [2.05, 4.69) is 262 Å². The van der Waals surface area contributed by atoms with Crippen molar-refractivity contribution in [2.75, 3.05) is 4.90 Å². The Balaban J connectivity index is 0.940. The molecule has 3 heterocycles. The molecule has 9 aromatic rings. The van der Waals surface area contributed by atoms with Crippen LogP contribution >= 0.6 is 0 Å². The first-order valence-corrected chi connectivity index (χ1v) is 25.5. The molecule has 1 aromatic heterocycles. The minimum Gasteiger partial charge on any atom is -0.399 e. The van der Waals surface area contributed by atoms with Gasteiger partial charge in [0, 0.05) is 38.9 Å². The molecular weight excluding hydrogens is 882 g/mol. The Morgan fingerprint density at radius 1 is 0.389 bits per heavy atom. The van der Waals surface area contributed by atoms with E-state index < -0.39 is 36.6 Å². The Bertz CT molecular complexity index is 3500. The van der Waals surface area contributed by atoms with E-state index in [1.807, 2.05) is 0 Å². The van der Waals surface area contributed by atoms with Crippen LogP contribution in [-0.2, 0) is 24.0 Å². The van der Waals surface area contributed by atoms with Crippen molar-refractivity contribution in [2.45, 2.75) is 104 Å². The molecule has 2 saturated heterocycles. The van der Waals surface area contributed by atoms with Crippen LogP contribution in [0.5, 0.6) is 0 Å². The van der Waals surface area contributed by atoms with E-state index in [4.69, 9.17) is 18.6 Å². The maximum absolute atomic E-state index is 6.68. The second kappa shape index (κ2) is 16.4. The van der Waals surface area contributed by atoms with Crippen molar-refractivity contribution in [3.63, 3.8) is 0 Å². The Morgan fingerprint density at radius 2 is 0.847 bits per heavy atom. The van der Waals surface area contributed by atoms with Gasteiger partial charge in [0.15, 0.2) is 0 Å². The predicted octanol–water partition coefficient (Wildman–Crippen LogP) is 14.8. The molecule has 0 radical (unpaired) electrons. The first kappa shape index (κ1) is 46.4. The van der Waals surface area contributed by atoms with Gasteiger partial charge >= 0.3 is 14.2 Å². The van der Waals surface area contributed by atoms with Gasteiger partial charge in [-0.05, 0) is 184 Å². The van der Waals surface area contributed by atoms with E-state index in [-0.39, 0.29) is 5.41 Å². The average molecular weight is 945 g/mol. The molecule has 3 aliphatic rings. The van der Waals surface area contributed by atoms with Gasteiger partial charge in [-0.25, -0.2) is 0 Å². The van der Waals surface area contributed by atoms with Crippen LogP contribution in [0.25, 0.3) is 60.9 Å². The van der Waals surface area contributed by atoms with Gasteiger partial charge in [-0.15, -0.1) is 0 Å². The van der Waals surface area contributed by atoms with Crippen molar-refractivity contribution in [1.82, 2.24) is 4.57 Å². The number of aryl methyl sites for hydroxylation is 1. The zero-order chi connectivity index (χ0) is 50.1. The molecule has 0 unspecified atom stereocenters. The van der Waals surface area contributed by atoms with Gasteiger partial charge in [0.1, 0.15) is 0 Å². The fourth-order valence-corrected chi connectivity index (χ4v) is 11.1. The van der Waals surface area contributed by atoms with Crippen molar-refractivity contribution in [1.29, 1.82) is 0 Å².